The molecule has 0 unspecified atom stereocenters. The van der Waals surface area contributed by atoms with Crippen molar-refractivity contribution in [3.63, 3.8) is 0 Å². The summed E-state index contributed by atoms with van der Waals surface area (Å²) in [4.78, 5) is 26.1. The van der Waals surface area contributed by atoms with Crippen molar-refractivity contribution in [3.8, 4) is 11.5 Å². The highest BCUT2D eigenvalue weighted by molar-refractivity contribution is 6.30. The Morgan fingerprint density at radius 3 is 2.32 bits per heavy atom. The number of fused-ring (bicyclic) bond motifs is 2. The van der Waals surface area contributed by atoms with Gasteiger partial charge in [0.2, 0.25) is 0 Å². The van der Waals surface area contributed by atoms with E-state index in [2.05, 4.69) is 0 Å². The third-order valence-electron chi connectivity index (χ3n) is 4.83. The van der Waals surface area contributed by atoms with E-state index in [4.69, 9.17) is 14.2 Å². The molecule has 1 aliphatic carbocycles. The lowest BCUT2D eigenvalue weighted by atomic mass is 9.81. The molecular weight excluding hydrogens is 320 g/mol. The average Bonchev–Trinajstić information content (AvgIpc) is 3.35. The number of ether oxygens (including phenoxy) is 3. The van der Waals surface area contributed by atoms with Crippen molar-refractivity contribution < 1.29 is 23.8 Å². The number of benzene rings is 2. The van der Waals surface area contributed by atoms with Crippen molar-refractivity contribution in [1.29, 1.82) is 0 Å². The smallest absolute Gasteiger partial charge is 0.198 e. The third kappa shape index (κ3) is 2.35. The van der Waals surface area contributed by atoms with E-state index in [-0.39, 0.29) is 17.2 Å². The van der Waals surface area contributed by atoms with Crippen molar-refractivity contribution >= 4 is 11.6 Å². The van der Waals surface area contributed by atoms with Crippen LogP contribution in [0.2, 0.25) is 0 Å². The first-order valence-corrected chi connectivity index (χ1v) is 8.09. The quantitative estimate of drug-likeness (QED) is 0.685. The monoisotopic (exact) mass is 338 g/mol. The Morgan fingerprint density at radius 1 is 1.00 bits per heavy atom. The fraction of sp³-hybridized carbons (Fsp3) is 0.300. The number of hydrogen-bond acceptors (Lipinski definition) is 5. The van der Waals surface area contributed by atoms with Crippen molar-refractivity contribution in [2.45, 2.75) is 18.9 Å². The summed E-state index contributed by atoms with van der Waals surface area (Å²) in [5.74, 6) is 0.425. The molecule has 0 spiro atoms. The third-order valence-corrected chi connectivity index (χ3v) is 4.83. The van der Waals surface area contributed by atoms with Crippen molar-refractivity contribution in [2.24, 2.45) is 0 Å². The van der Waals surface area contributed by atoms with Crippen molar-refractivity contribution in [1.82, 2.24) is 0 Å². The van der Waals surface area contributed by atoms with Gasteiger partial charge >= 0.3 is 0 Å². The van der Waals surface area contributed by atoms with Gasteiger partial charge in [-0.05, 0) is 24.6 Å². The molecule has 2 aliphatic rings. The van der Waals surface area contributed by atoms with Gasteiger partial charge in [0.25, 0.3) is 0 Å². The molecule has 1 aliphatic heterocycles. The largest absolute Gasteiger partial charge is 0.496 e. The first-order chi connectivity index (χ1) is 12.0. The second kappa shape index (κ2) is 5.43. The number of methoxy groups -OCH3 is 2. The van der Waals surface area contributed by atoms with E-state index in [0.717, 1.165) is 5.56 Å². The number of carbonyl (C=O) groups excluding carboxylic acids is 2. The maximum absolute atomic E-state index is 13.1. The van der Waals surface area contributed by atoms with Crippen LogP contribution in [0.1, 0.15) is 44.3 Å². The fourth-order valence-electron chi connectivity index (χ4n) is 3.43. The van der Waals surface area contributed by atoms with Gasteiger partial charge in [-0.25, -0.2) is 0 Å². The Kier molecular flexibility index (Phi) is 3.44. The Balaban J connectivity index is 1.91. The lowest BCUT2D eigenvalue weighted by molar-refractivity contribution is 0.0973. The van der Waals surface area contributed by atoms with Gasteiger partial charge in [0.15, 0.2) is 11.6 Å². The molecule has 1 fully saturated rings. The van der Waals surface area contributed by atoms with Crippen LogP contribution in [0.15, 0.2) is 30.3 Å². The zero-order chi connectivity index (χ0) is 17.8. The van der Waals surface area contributed by atoms with Crippen LogP contribution in [0, 0.1) is 0 Å². The molecule has 128 valence electrons. The SMILES string of the molecule is COc1cccc2c1C(=O)c1ccc(C[C@]3(C)CO3)c(OC)c1C2=O. The van der Waals surface area contributed by atoms with Crippen LogP contribution < -0.4 is 9.47 Å². The molecular formula is C20H18O5. The van der Waals surface area contributed by atoms with E-state index >= 15 is 0 Å². The summed E-state index contributed by atoms with van der Waals surface area (Å²) in [6, 6.07) is 8.60. The molecule has 0 aromatic heterocycles. The van der Waals surface area contributed by atoms with Crippen LogP contribution in [0.5, 0.6) is 11.5 Å². The number of rotatable bonds is 4. The second-order valence-electron chi connectivity index (χ2n) is 6.64. The van der Waals surface area contributed by atoms with Gasteiger partial charge in [0.1, 0.15) is 11.5 Å². The summed E-state index contributed by atoms with van der Waals surface area (Å²) < 4.78 is 16.3. The van der Waals surface area contributed by atoms with Gasteiger partial charge in [-0.1, -0.05) is 18.2 Å². The zero-order valence-electron chi connectivity index (χ0n) is 14.3. The molecule has 0 amide bonds. The Morgan fingerprint density at radius 2 is 1.68 bits per heavy atom. The fourth-order valence-corrected chi connectivity index (χ4v) is 3.43. The van der Waals surface area contributed by atoms with Crippen LogP contribution in [-0.4, -0.2) is 38.0 Å². The predicted molar refractivity (Wildman–Crippen MR) is 90.9 cm³/mol. The molecule has 4 rings (SSSR count). The van der Waals surface area contributed by atoms with E-state index in [1.807, 2.05) is 13.0 Å². The highest BCUT2D eigenvalue weighted by atomic mass is 16.6. The van der Waals surface area contributed by atoms with E-state index in [1.54, 1.807) is 24.3 Å². The van der Waals surface area contributed by atoms with Crippen LogP contribution in [0.4, 0.5) is 0 Å². The summed E-state index contributed by atoms with van der Waals surface area (Å²) in [5, 5.41) is 0. The first kappa shape index (κ1) is 15.8. The van der Waals surface area contributed by atoms with E-state index in [1.165, 1.54) is 14.2 Å². The van der Waals surface area contributed by atoms with Crippen LogP contribution >= 0.6 is 0 Å². The molecule has 25 heavy (non-hydrogen) atoms. The normalized spacial score (nSPS) is 20.8. The molecule has 0 radical (unpaired) electrons. The predicted octanol–water partition coefficient (Wildman–Crippen LogP) is 2.81. The van der Waals surface area contributed by atoms with Crippen molar-refractivity contribution in [2.75, 3.05) is 20.8 Å². The summed E-state index contributed by atoms with van der Waals surface area (Å²) in [7, 11) is 3.01. The minimum Gasteiger partial charge on any atom is -0.496 e. The first-order valence-electron chi connectivity index (χ1n) is 8.09. The van der Waals surface area contributed by atoms with Gasteiger partial charge < -0.3 is 14.2 Å². The molecule has 1 heterocycles. The molecule has 0 bridgehead atoms. The van der Waals surface area contributed by atoms with Crippen LogP contribution in [-0.2, 0) is 11.2 Å². The molecule has 0 saturated carbocycles. The molecule has 0 N–H and O–H groups in total. The maximum atomic E-state index is 13.1. The summed E-state index contributed by atoms with van der Waals surface area (Å²) in [6.07, 6.45) is 0.635. The summed E-state index contributed by atoms with van der Waals surface area (Å²) in [6.45, 7) is 2.69. The van der Waals surface area contributed by atoms with E-state index in [9.17, 15) is 9.59 Å². The Hall–Kier alpha value is -2.66. The highest BCUT2D eigenvalue weighted by Crippen LogP contribution is 2.41. The van der Waals surface area contributed by atoms with Gasteiger partial charge in [-0.3, -0.25) is 9.59 Å². The molecule has 5 heteroatoms. The summed E-state index contributed by atoms with van der Waals surface area (Å²) in [5.41, 5.74) is 1.99. The molecule has 1 saturated heterocycles. The molecule has 2 aromatic rings. The topological polar surface area (TPSA) is 65.1 Å². The zero-order valence-corrected chi connectivity index (χ0v) is 14.3. The summed E-state index contributed by atoms with van der Waals surface area (Å²) >= 11 is 0. The lowest BCUT2D eigenvalue weighted by Crippen LogP contribution is -2.23. The van der Waals surface area contributed by atoms with Crippen molar-refractivity contribution in [3.05, 3.63) is 58.1 Å². The molecule has 5 nitrogen and oxygen atoms in total. The van der Waals surface area contributed by atoms with E-state index < -0.39 is 0 Å². The molecule has 2 aromatic carbocycles. The number of epoxide rings is 1. The van der Waals surface area contributed by atoms with Gasteiger partial charge in [0.05, 0.1) is 37.6 Å². The number of hydrogen-bond donors (Lipinski definition) is 0. The van der Waals surface area contributed by atoms with Gasteiger partial charge in [0, 0.05) is 17.5 Å². The standard InChI is InChI=1S/C20H18O5/c1-20(10-25-20)9-11-7-8-13-16(19(11)24-3)18(22)12-5-4-6-14(23-2)15(12)17(13)21/h4-8H,9-10H2,1-3H3/t20-/m1/s1. The second-order valence-corrected chi connectivity index (χ2v) is 6.64. The molecule has 1 atom stereocenters. The van der Waals surface area contributed by atoms with Crippen LogP contribution in [0.3, 0.4) is 0 Å². The Bertz CT molecular complexity index is 909. The number of carbonyl (C=O) groups is 2. The van der Waals surface area contributed by atoms with Gasteiger partial charge in [-0.2, -0.15) is 0 Å². The van der Waals surface area contributed by atoms with Gasteiger partial charge in [-0.15, -0.1) is 0 Å². The highest BCUT2D eigenvalue weighted by Gasteiger charge is 2.41. The van der Waals surface area contributed by atoms with Crippen LogP contribution in [0.25, 0.3) is 0 Å². The average molecular weight is 338 g/mol. The van der Waals surface area contributed by atoms with E-state index in [0.29, 0.717) is 46.8 Å². The number of ketones is 2. The maximum Gasteiger partial charge on any atom is 0.198 e. The minimum absolute atomic E-state index is 0.218. The lowest BCUT2D eigenvalue weighted by Gasteiger charge is -2.23. The minimum atomic E-state index is -0.221. The Labute approximate surface area is 145 Å².